The van der Waals surface area contributed by atoms with Gasteiger partial charge in [0.25, 0.3) is 0 Å². The molecule has 7 nitrogen and oxygen atoms in total. The summed E-state index contributed by atoms with van der Waals surface area (Å²) in [5.41, 5.74) is 3.98. The van der Waals surface area contributed by atoms with Crippen molar-refractivity contribution in [2.75, 3.05) is 6.61 Å². The molecule has 4 rings (SSSR count). The molecule has 0 saturated heterocycles. The van der Waals surface area contributed by atoms with Crippen LogP contribution < -0.4 is 10.6 Å². The van der Waals surface area contributed by atoms with E-state index in [4.69, 9.17) is 4.74 Å². The number of hydrogen-bond acceptors (Lipinski definition) is 4. The Kier molecular flexibility index (Phi) is 6.40. The van der Waals surface area contributed by atoms with Gasteiger partial charge in [-0.05, 0) is 54.4 Å². The zero-order valence-corrected chi connectivity index (χ0v) is 19.0. The maximum Gasteiger partial charge on any atom is 0.407 e. The Morgan fingerprint density at radius 3 is 2.15 bits per heavy atom. The fourth-order valence-electron chi connectivity index (χ4n) is 4.73. The fourth-order valence-corrected chi connectivity index (χ4v) is 4.73. The van der Waals surface area contributed by atoms with E-state index in [0.29, 0.717) is 5.92 Å². The molecule has 2 aliphatic carbocycles. The maximum absolute atomic E-state index is 12.9. The summed E-state index contributed by atoms with van der Waals surface area (Å²) in [6, 6.07) is 14.8. The molecule has 7 heteroatoms. The first kappa shape index (κ1) is 22.8. The normalized spacial score (nSPS) is 17.3. The number of carboxylic acid groups (broad SMARTS) is 1. The van der Waals surface area contributed by atoms with Crippen molar-refractivity contribution < 1.29 is 24.2 Å². The van der Waals surface area contributed by atoms with Crippen LogP contribution in [0.15, 0.2) is 48.5 Å². The molecule has 0 aromatic heterocycles. The molecule has 174 valence electrons. The van der Waals surface area contributed by atoms with E-state index in [9.17, 15) is 19.5 Å². The van der Waals surface area contributed by atoms with Gasteiger partial charge in [-0.25, -0.2) is 4.79 Å². The van der Waals surface area contributed by atoms with E-state index < -0.39 is 36.0 Å². The molecule has 0 aliphatic heterocycles. The molecule has 2 aliphatic rings. The summed E-state index contributed by atoms with van der Waals surface area (Å²) in [6.45, 7) is 4.05. The topological polar surface area (TPSA) is 105 Å². The molecule has 1 saturated carbocycles. The van der Waals surface area contributed by atoms with Crippen molar-refractivity contribution in [1.29, 1.82) is 0 Å². The third kappa shape index (κ3) is 4.87. The first-order chi connectivity index (χ1) is 15.8. The van der Waals surface area contributed by atoms with Gasteiger partial charge in [-0.3, -0.25) is 9.59 Å². The number of aliphatic carboxylic acids is 1. The van der Waals surface area contributed by atoms with Gasteiger partial charge < -0.3 is 20.5 Å². The van der Waals surface area contributed by atoms with Crippen molar-refractivity contribution >= 4 is 18.0 Å². The molecule has 1 fully saturated rings. The Morgan fingerprint density at radius 2 is 1.64 bits per heavy atom. The Hall–Kier alpha value is -3.35. The van der Waals surface area contributed by atoms with E-state index in [-0.39, 0.29) is 12.5 Å². The van der Waals surface area contributed by atoms with Crippen LogP contribution in [0.2, 0.25) is 0 Å². The third-order valence-corrected chi connectivity index (χ3v) is 6.95. The van der Waals surface area contributed by atoms with Gasteiger partial charge in [0.15, 0.2) is 0 Å². The summed E-state index contributed by atoms with van der Waals surface area (Å²) < 4.78 is 5.50. The molecule has 3 N–H and O–H groups in total. The summed E-state index contributed by atoms with van der Waals surface area (Å²) in [4.78, 5) is 36.8. The molecule has 2 aromatic carbocycles. The predicted molar refractivity (Wildman–Crippen MR) is 124 cm³/mol. The van der Waals surface area contributed by atoms with E-state index in [1.807, 2.05) is 62.4 Å². The van der Waals surface area contributed by atoms with Crippen LogP contribution in [0.5, 0.6) is 0 Å². The second kappa shape index (κ2) is 9.25. The summed E-state index contributed by atoms with van der Waals surface area (Å²) in [7, 11) is 0. The number of amides is 2. The van der Waals surface area contributed by atoms with Crippen LogP contribution in [0.3, 0.4) is 0 Å². The number of nitrogens with one attached hydrogen (secondary N) is 2. The minimum absolute atomic E-state index is 0.0933. The number of ether oxygens (including phenoxy) is 1. The standard InChI is InChI=1S/C26H30N2O5/c1-3-26(2,16-12-13-16)28-24(31)22(14-23(29)30)27-25(32)33-15-21-19-10-6-4-8-17(19)18-9-5-7-11-20(18)21/h4-11,16,21-22H,3,12-15H2,1-2H3,(H,27,32)(H,28,31)(H,29,30). The largest absolute Gasteiger partial charge is 0.481 e. The van der Waals surface area contributed by atoms with Gasteiger partial charge in [0.2, 0.25) is 5.91 Å². The van der Waals surface area contributed by atoms with Crippen LogP contribution in [-0.4, -0.2) is 41.3 Å². The predicted octanol–water partition coefficient (Wildman–Crippen LogP) is 4.06. The number of carboxylic acids is 1. The quantitative estimate of drug-likeness (QED) is 0.534. The average Bonchev–Trinajstić information content (AvgIpc) is 3.61. The van der Waals surface area contributed by atoms with Crippen LogP contribution in [0.4, 0.5) is 4.79 Å². The van der Waals surface area contributed by atoms with Gasteiger partial charge in [0.05, 0.1) is 6.42 Å². The number of hydrogen-bond donors (Lipinski definition) is 3. The first-order valence-corrected chi connectivity index (χ1v) is 11.5. The van der Waals surface area contributed by atoms with Gasteiger partial charge in [0.1, 0.15) is 12.6 Å². The van der Waals surface area contributed by atoms with Crippen LogP contribution in [-0.2, 0) is 14.3 Å². The fraction of sp³-hybridized carbons (Fsp3) is 0.423. The second-order valence-electron chi connectivity index (χ2n) is 9.15. The second-order valence-corrected chi connectivity index (χ2v) is 9.15. The van der Waals surface area contributed by atoms with E-state index in [1.54, 1.807) is 0 Å². The molecular formula is C26H30N2O5. The zero-order chi connectivity index (χ0) is 23.6. The lowest BCUT2D eigenvalue weighted by Crippen LogP contribution is -2.55. The van der Waals surface area contributed by atoms with E-state index >= 15 is 0 Å². The van der Waals surface area contributed by atoms with Gasteiger partial charge in [-0.15, -0.1) is 0 Å². The first-order valence-electron chi connectivity index (χ1n) is 11.5. The van der Waals surface area contributed by atoms with Crippen LogP contribution in [0.1, 0.15) is 56.6 Å². The summed E-state index contributed by atoms with van der Waals surface area (Å²) in [5, 5.41) is 14.7. The molecule has 33 heavy (non-hydrogen) atoms. The number of carbonyl (C=O) groups is 3. The SMILES string of the molecule is CCC(C)(NC(=O)C(CC(=O)O)NC(=O)OCC1c2ccccc2-c2ccccc21)C1CC1. The molecule has 2 unspecified atom stereocenters. The number of benzene rings is 2. The van der Waals surface area contributed by atoms with E-state index in [0.717, 1.165) is 41.5 Å². The maximum atomic E-state index is 12.9. The number of fused-ring (bicyclic) bond motifs is 3. The highest BCUT2D eigenvalue weighted by Gasteiger charge is 2.42. The summed E-state index contributed by atoms with van der Waals surface area (Å²) in [5.74, 6) is -1.40. The van der Waals surface area contributed by atoms with Crippen LogP contribution in [0.25, 0.3) is 11.1 Å². The van der Waals surface area contributed by atoms with Crippen molar-refractivity contribution in [3.05, 3.63) is 59.7 Å². The monoisotopic (exact) mass is 450 g/mol. The van der Waals surface area contributed by atoms with Crippen LogP contribution >= 0.6 is 0 Å². The lowest BCUT2D eigenvalue weighted by atomic mass is 9.92. The van der Waals surface area contributed by atoms with Crippen LogP contribution in [0, 0.1) is 5.92 Å². The minimum atomic E-state index is -1.21. The number of alkyl carbamates (subject to hydrolysis) is 1. The average molecular weight is 451 g/mol. The number of carbonyl (C=O) groups excluding carboxylic acids is 2. The molecule has 0 spiro atoms. The van der Waals surface area contributed by atoms with Crippen molar-refractivity contribution in [2.45, 2.75) is 57.0 Å². The molecule has 2 atom stereocenters. The molecule has 2 amide bonds. The molecule has 0 bridgehead atoms. The molecule has 0 radical (unpaired) electrons. The lowest BCUT2D eigenvalue weighted by molar-refractivity contribution is -0.140. The zero-order valence-electron chi connectivity index (χ0n) is 19.0. The number of rotatable bonds is 9. The van der Waals surface area contributed by atoms with Crippen molar-refractivity contribution in [3.63, 3.8) is 0 Å². The Morgan fingerprint density at radius 1 is 1.06 bits per heavy atom. The van der Waals surface area contributed by atoms with E-state index in [2.05, 4.69) is 10.6 Å². The van der Waals surface area contributed by atoms with Gasteiger partial charge in [0, 0.05) is 11.5 Å². The van der Waals surface area contributed by atoms with Crippen molar-refractivity contribution in [2.24, 2.45) is 5.92 Å². The summed E-state index contributed by atoms with van der Waals surface area (Å²) in [6.07, 6.45) is 1.49. The van der Waals surface area contributed by atoms with E-state index in [1.165, 1.54) is 0 Å². The Bertz CT molecular complexity index is 1020. The van der Waals surface area contributed by atoms with Crippen molar-refractivity contribution in [1.82, 2.24) is 10.6 Å². The highest BCUT2D eigenvalue weighted by Crippen LogP contribution is 2.44. The minimum Gasteiger partial charge on any atom is -0.481 e. The molecule has 2 aromatic rings. The molecule has 0 heterocycles. The smallest absolute Gasteiger partial charge is 0.407 e. The van der Waals surface area contributed by atoms with Gasteiger partial charge >= 0.3 is 12.1 Å². The molecular weight excluding hydrogens is 420 g/mol. The van der Waals surface area contributed by atoms with Crippen molar-refractivity contribution in [3.8, 4) is 11.1 Å². The Balaban J connectivity index is 1.42. The highest BCUT2D eigenvalue weighted by atomic mass is 16.5. The van der Waals surface area contributed by atoms with Gasteiger partial charge in [-0.2, -0.15) is 0 Å². The third-order valence-electron chi connectivity index (χ3n) is 6.95. The summed E-state index contributed by atoms with van der Waals surface area (Å²) >= 11 is 0. The lowest BCUT2D eigenvalue weighted by Gasteiger charge is -2.31. The Labute approximate surface area is 193 Å². The highest BCUT2D eigenvalue weighted by molar-refractivity contribution is 5.89. The van der Waals surface area contributed by atoms with Gasteiger partial charge in [-0.1, -0.05) is 55.5 Å².